The number of hydrogen-bond donors (Lipinski definition) is 2. The van der Waals surface area contributed by atoms with E-state index in [0.717, 1.165) is 6.42 Å². The first-order chi connectivity index (χ1) is 6.11. The Labute approximate surface area is 76.1 Å². The number of amides is 1. The highest BCUT2D eigenvalue weighted by Gasteiger charge is 2.25. The molecule has 13 heavy (non-hydrogen) atoms. The summed E-state index contributed by atoms with van der Waals surface area (Å²) in [5.41, 5.74) is 0. The molecule has 0 unspecified atom stereocenters. The number of carbonyl (C=O) groups is 2. The van der Waals surface area contributed by atoms with Gasteiger partial charge in [0.2, 0.25) is 5.91 Å². The second kappa shape index (κ2) is 4.23. The van der Waals surface area contributed by atoms with E-state index in [4.69, 9.17) is 9.84 Å². The van der Waals surface area contributed by atoms with Crippen molar-refractivity contribution in [2.24, 2.45) is 0 Å². The predicted molar refractivity (Wildman–Crippen MR) is 44.2 cm³/mol. The van der Waals surface area contributed by atoms with Crippen LogP contribution in [0.3, 0.4) is 0 Å². The Bertz CT molecular complexity index is 210. The van der Waals surface area contributed by atoms with Crippen molar-refractivity contribution in [2.45, 2.75) is 31.9 Å². The molecule has 1 rings (SSSR count). The summed E-state index contributed by atoms with van der Waals surface area (Å²) in [5, 5.41) is 10.9. The van der Waals surface area contributed by atoms with E-state index in [1.54, 1.807) is 0 Å². The van der Waals surface area contributed by atoms with Crippen LogP contribution in [0.2, 0.25) is 0 Å². The molecule has 1 saturated heterocycles. The fourth-order valence-electron chi connectivity index (χ4n) is 1.15. The molecule has 5 nitrogen and oxygen atoms in total. The minimum atomic E-state index is -1.04. The Kier molecular flexibility index (Phi) is 3.25. The Morgan fingerprint density at radius 2 is 2.31 bits per heavy atom. The summed E-state index contributed by atoms with van der Waals surface area (Å²) >= 11 is 0. The van der Waals surface area contributed by atoms with Crippen LogP contribution in [0.25, 0.3) is 0 Å². The molecule has 2 atom stereocenters. The number of carboxylic acid groups (broad SMARTS) is 1. The number of carboxylic acids is 1. The first-order valence-electron chi connectivity index (χ1n) is 4.26. The number of aliphatic carboxylic acids is 1. The first-order valence-corrected chi connectivity index (χ1v) is 4.26. The zero-order valence-corrected chi connectivity index (χ0v) is 7.45. The summed E-state index contributed by atoms with van der Waals surface area (Å²) in [6.45, 7) is 2.01. The molecule has 1 fully saturated rings. The first kappa shape index (κ1) is 9.98. The maximum absolute atomic E-state index is 11.3. The molecule has 0 aliphatic carbocycles. The van der Waals surface area contributed by atoms with Gasteiger partial charge in [-0.15, -0.1) is 0 Å². The minimum Gasteiger partial charge on any atom is -0.480 e. The van der Waals surface area contributed by atoms with E-state index in [0.29, 0.717) is 13.0 Å². The maximum Gasteiger partial charge on any atom is 0.325 e. The summed E-state index contributed by atoms with van der Waals surface area (Å²) in [4.78, 5) is 21.7. The smallest absolute Gasteiger partial charge is 0.325 e. The summed E-state index contributed by atoms with van der Waals surface area (Å²) in [5.74, 6) is -1.36. The molecule has 74 valence electrons. The van der Waals surface area contributed by atoms with Gasteiger partial charge in [-0.2, -0.15) is 0 Å². The summed E-state index contributed by atoms with van der Waals surface area (Å²) in [6.07, 6.45) is 1.08. The molecule has 1 aliphatic rings. The topological polar surface area (TPSA) is 75.6 Å². The number of ether oxygens (including phenoxy) is 1. The average molecular weight is 187 g/mol. The van der Waals surface area contributed by atoms with Crippen molar-refractivity contribution in [3.8, 4) is 0 Å². The lowest BCUT2D eigenvalue weighted by molar-refractivity contribution is -0.143. The predicted octanol–water partition coefficient (Wildman–Crippen LogP) is -0.245. The molecule has 1 heterocycles. The fourth-order valence-corrected chi connectivity index (χ4v) is 1.15. The third-order valence-electron chi connectivity index (χ3n) is 1.95. The molecule has 0 bridgehead atoms. The van der Waals surface area contributed by atoms with Crippen LogP contribution in [-0.4, -0.2) is 35.7 Å². The largest absolute Gasteiger partial charge is 0.480 e. The zero-order valence-electron chi connectivity index (χ0n) is 7.45. The fraction of sp³-hybridized carbons (Fsp3) is 0.750. The van der Waals surface area contributed by atoms with Crippen molar-refractivity contribution in [2.75, 3.05) is 6.61 Å². The van der Waals surface area contributed by atoms with E-state index in [9.17, 15) is 9.59 Å². The third kappa shape index (κ3) is 2.69. The number of nitrogens with one attached hydrogen (secondary N) is 1. The van der Waals surface area contributed by atoms with E-state index in [-0.39, 0.29) is 5.91 Å². The maximum atomic E-state index is 11.3. The van der Waals surface area contributed by atoms with E-state index in [2.05, 4.69) is 5.32 Å². The van der Waals surface area contributed by atoms with Gasteiger partial charge >= 0.3 is 5.97 Å². The Hall–Kier alpha value is -1.10. The van der Waals surface area contributed by atoms with Gasteiger partial charge in [-0.3, -0.25) is 9.59 Å². The van der Waals surface area contributed by atoms with Gasteiger partial charge in [0.05, 0.1) is 0 Å². The van der Waals surface area contributed by atoms with Crippen LogP contribution in [0.5, 0.6) is 0 Å². The molecule has 0 aromatic heterocycles. The lowest BCUT2D eigenvalue weighted by atomic mass is 10.2. The van der Waals surface area contributed by atoms with Gasteiger partial charge in [0, 0.05) is 6.61 Å². The van der Waals surface area contributed by atoms with Crippen LogP contribution in [0.15, 0.2) is 0 Å². The highest BCUT2D eigenvalue weighted by Crippen LogP contribution is 2.11. The highest BCUT2D eigenvalue weighted by molar-refractivity contribution is 5.86. The summed E-state index contributed by atoms with van der Waals surface area (Å²) in [6, 6.07) is -0.850. The Morgan fingerprint density at radius 1 is 1.62 bits per heavy atom. The van der Waals surface area contributed by atoms with Crippen LogP contribution in [0, 0.1) is 0 Å². The van der Waals surface area contributed by atoms with E-state index in [1.165, 1.54) is 6.92 Å². The Balaban J connectivity index is 2.35. The molecular weight excluding hydrogens is 174 g/mol. The average Bonchev–Trinajstić information content (AvgIpc) is 2.55. The van der Waals surface area contributed by atoms with E-state index in [1.807, 2.05) is 0 Å². The lowest BCUT2D eigenvalue weighted by Crippen LogP contribution is -2.43. The molecule has 0 spiro atoms. The van der Waals surface area contributed by atoms with Gasteiger partial charge in [0.25, 0.3) is 0 Å². The van der Waals surface area contributed by atoms with Crippen molar-refractivity contribution in [1.29, 1.82) is 0 Å². The number of carbonyl (C=O) groups excluding carboxylic acids is 1. The second-order valence-corrected chi connectivity index (χ2v) is 3.07. The molecule has 5 heteroatoms. The number of hydrogen-bond acceptors (Lipinski definition) is 3. The van der Waals surface area contributed by atoms with Crippen LogP contribution >= 0.6 is 0 Å². The lowest BCUT2D eigenvalue weighted by Gasteiger charge is -2.12. The minimum absolute atomic E-state index is 0.326. The van der Waals surface area contributed by atoms with Crippen molar-refractivity contribution < 1.29 is 19.4 Å². The standard InChI is InChI=1S/C8H13NO4/c1-5(8(11)12)9-7(10)6-3-2-4-13-6/h5-6H,2-4H2,1H3,(H,9,10)(H,11,12)/t5-,6-/m0/s1. The quantitative estimate of drug-likeness (QED) is 0.639. The summed E-state index contributed by atoms with van der Waals surface area (Å²) < 4.78 is 5.09. The molecule has 0 radical (unpaired) electrons. The van der Waals surface area contributed by atoms with Crippen molar-refractivity contribution >= 4 is 11.9 Å². The van der Waals surface area contributed by atoms with Crippen LogP contribution in [0.4, 0.5) is 0 Å². The molecule has 0 aromatic carbocycles. The Morgan fingerprint density at radius 3 is 2.77 bits per heavy atom. The van der Waals surface area contributed by atoms with Crippen LogP contribution in [0.1, 0.15) is 19.8 Å². The molecule has 0 saturated carbocycles. The molecule has 2 N–H and O–H groups in total. The van der Waals surface area contributed by atoms with Crippen molar-refractivity contribution in [3.63, 3.8) is 0 Å². The van der Waals surface area contributed by atoms with Gasteiger partial charge in [0.15, 0.2) is 0 Å². The zero-order chi connectivity index (χ0) is 9.84. The van der Waals surface area contributed by atoms with E-state index < -0.39 is 18.1 Å². The monoisotopic (exact) mass is 187 g/mol. The van der Waals surface area contributed by atoms with Gasteiger partial charge in [-0.05, 0) is 19.8 Å². The second-order valence-electron chi connectivity index (χ2n) is 3.07. The molecule has 1 amide bonds. The molecule has 0 aromatic rings. The van der Waals surface area contributed by atoms with Crippen LogP contribution in [-0.2, 0) is 14.3 Å². The molecular formula is C8H13NO4. The summed E-state index contributed by atoms with van der Waals surface area (Å²) in [7, 11) is 0. The van der Waals surface area contributed by atoms with Gasteiger partial charge < -0.3 is 15.2 Å². The van der Waals surface area contributed by atoms with Gasteiger partial charge in [-0.25, -0.2) is 0 Å². The molecule has 1 aliphatic heterocycles. The number of rotatable bonds is 3. The van der Waals surface area contributed by atoms with Gasteiger partial charge in [0.1, 0.15) is 12.1 Å². The van der Waals surface area contributed by atoms with Crippen molar-refractivity contribution in [3.05, 3.63) is 0 Å². The highest BCUT2D eigenvalue weighted by atomic mass is 16.5. The van der Waals surface area contributed by atoms with E-state index >= 15 is 0 Å². The van der Waals surface area contributed by atoms with Crippen LogP contribution < -0.4 is 5.32 Å². The SMILES string of the molecule is C[C@H](NC(=O)[C@@H]1CCCO1)C(=O)O. The van der Waals surface area contributed by atoms with Crippen molar-refractivity contribution in [1.82, 2.24) is 5.32 Å². The van der Waals surface area contributed by atoms with Gasteiger partial charge in [-0.1, -0.05) is 0 Å². The normalized spacial score (nSPS) is 23.9. The third-order valence-corrected chi connectivity index (χ3v) is 1.95.